The van der Waals surface area contributed by atoms with E-state index in [0.717, 1.165) is 16.8 Å². The van der Waals surface area contributed by atoms with E-state index < -0.39 is 16.0 Å². The first-order valence-electron chi connectivity index (χ1n) is 9.92. The van der Waals surface area contributed by atoms with Crippen LogP contribution in [0.1, 0.15) is 30.4 Å². The van der Waals surface area contributed by atoms with E-state index in [2.05, 4.69) is 4.99 Å². The third-order valence-corrected chi connectivity index (χ3v) is 9.14. The molecule has 30 heavy (non-hydrogen) atoms. The summed E-state index contributed by atoms with van der Waals surface area (Å²) in [4.78, 5) is 16.0. The van der Waals surface area contributed by atoms with Crippen LogP contribution >= 0.6 is 11.3 Å². The number of fused-ring (bicyclic) bond motifs is 1. The van der Waals surface area contributed by atoms with Gasteiger partial charge in [0.2, 0.25) is 0 Å². The Bertz CT molecular complexity index is 1070. The zero-order valence-electron chi connectivity index (χ0n) is 16.3. The Hall–Kier alpha value is -2.10. The molecule has 0 radical (unpaired) electrons. The van der Waals surface area contributed by atoms with E-state index in [9.17, 15) is 22.7 Å². The summed E-state index contributed by atoms with van der Waals surface area (Å²) in [5.41, 5.74) is 2.59. The topological polar surface area (TPSA) is 87.0 Å². The van der Waals surface area contributed by atoms with Crippen molar-refractivity contribution in [2.24, 2.45) is 16.8 Å². The number of aliphatic carboxylic acids is 1. The number of nitrogens with zero attached hydrogens (tertiary/aromatic N) is 2. The number of carboxylic acid groups (broad SMARTS) is 1. The van der Waals surface area contributed by atoms with Crippen LogP contribution in [0.25, 0.3) is 0 Å². The molecule has 4 rings (SSSR count). The van der Waals surface area contributed by atoms with Gasteiger partial charge in [-0.05, 0) is 71.9 Å². The average molecular weight is 451 g/mol. The summed E-state index contributed by atoms with van der Waals surface area (Å²) in [6.07, 6.45) is 1.64. The van der Waals surface area contributed by atoms with Crippen molar-refractivity contribution >= 4 is 33.0 Å². The molecule has 1 aromatic carbocycles. The Morgan fingerprint density at radius 1 is 1.30 bits per heavy atom. The molecule has 0 saturated carbocycles. The molecule has 1 aromatic heterocycles. The average Bonchev–Trinajstić information content (AvgIpc) is 3.24. The molecule has 2 aliphatic heterocycles. The third kappa shape index (κ3) is 4.33. The van der Waals surface area contributed by atoms with Crippen molar-refractivity contribution in [3.8, 4) is 0 Å². The first-order valence-corrected chi connectivity index (χ1v) is 12.2. The summed E-state index contributed by atoms with van der Waals surface area (Å²) < 4.78 is 41.4. The Morgan fingerprint density at radius 2 is 2.13 bits per heavy atom. The smallest absolute Gasteiger partial charge is 0.303 e. The Morgan fingerprint density at radius 3 is 2.87 bits per heavy atom. The van der Waals surface area contributed by atoms with Crippen molar-refractivity contribution in [1.82, 2.24) is 4.31 Å². The van der Waals surface area contributed by atoms with Crippen LogP contribution < -0.4 is 0 Å². The van der Waals surface area contributed by atoms with Gasteiger partial charge in [-0.25, -0.2) is 12.8 Å². The lowest BCUT2D eigenvalue weighted by Gasteiger charge is -2.37. The number of carboxylic acids is 1. The lowest BCUT2D eigenvalue weighted by atomic mass is 9.79. The van der Waals surface area contributed by atoms with Gasteiger partial charge in [0.25, 0.3) is 10.0 Å². The quantitative estimate of drug-likeness (QED) is 0.731. The van der Waals surface area contributed by atoms with E-state index in [4.69, 9.17) is 0 Å². The van der Waals surface area contributed by atoms with E-state index in [1.165, 1.54) is 27.8 Å². The standard InChI is InChI=1S/C21H23FN2O4S2/c22-17-3-4-18-15(10-17)5-7-23-19(18)11-16-13-24(8-6-14(16)12-20(25)26)30(27,28)21-2-1-9-29-21/h1-4,9-10,14,16H,5-8,11-13H2,(H,25,26)/t14-,16-/m0/s1. The van der Waals surface area contributed by atoms with Crippen LogP contribution in [-0.2, 0) is 21.2 Å². The van der Waals surface area contributed by atoms with Crippen molar-refractivity contribution in [1.29, 1.82) is 0 Å². The Balaban J connectivity index is 1.59. The molecule has 1 saturated heterocycles. The molecule has 0 spiro atoms. The van der Waals surface area contributed by atoms with Crippen LogP contribution in [0.2, 0.25) is 0 Å². The number of rotatable bonds is 6. The summed E-state index contributed by atoms with van der Waals surface area (Å²) in [7, 11) is -3.60. The minimum Gasteiger partial charge on any atom is -0.481 e. The highest BCUT2D eigenvalue weighted by Crippen LogP contribution is 2.35. The lowest BCUT2D eigenvalue weighted by Crippen LogP contribution is -2.44. The summed E-state index contributed by atoms with van der Waals surface area (Å²) in [5.74, 6) is -1.47. The number of piperidine rings is 1. The van der Waals surface area contributed by atoms with E-state index >= 15 is 0 Å². The molecule has 1 fully saturated rings. The monoisotopic (exact) mass is 450 g/mol. The van der Waals surface area contributed by atoms with Gasteiger partial charge in [0, 0.05) is 31.8 Å². The lowest BCUT2D eigenvalue weighted by molar-refractivity contribution is -0.138. The van der Waals surface area contributed by atoms with Crippen LogP contribution in [0.3, 0.4) is 0 Å². The van der Waals surface area contributed by atoms with Crippen molar-refractivity contribution < 1.29 is 22.7 Å². The molecule has 2 aliphatic rings. The molecule has 6 nitrogen and oxygen atoms in total. The Kier molecular flexibility index (Phi) is 6.04. The fourth-order valence-electron chi connectivity index (χ4n) is 4.40. The molecular formula is C21H23FN2O4S2. The van der Waals surface area contributed by atoms with Gasteiger partial charge in [-0.15, -0.1) is 11.3 Å². The highest BCUT2D eigenvalue weighted by molar-refractivity contribution is 7.91. The highest BCUT2D eigenvalue weighted by atomic mass is 32.2. The second-order valence-corrected chi connectivity index (χ2v) is 10.9. The van der Waals surface area contributed by atoms with Crippen molar-refractivity contribution in [3.63, 3.8) is 0 Å². The first kappa shape index (κ1) is 21.1. The SMILES string of the molecule is O=C(O)C[C@@H]1CCN(S(=O)(=O)c2cccs2)C[C@@H]1CC1=NCCc2cc(F)ccc21. The number of hydrogen-bond donors (Lipinski definition) is 1. The molecule has 1 N–H and O–H groups in total. The fraction of sp³-hybridized carbons (Fsp3) is 0.429. The molecule has 0 bridgehead atoms. The van der Waals surface area contributed by atoms with Crippen LogP contribution in [0.4, 0.5) is 4.39 Å². The van der Waals surface area contributed by atoms with E-state index in [0.29, 0.717) is 36.6 Å². The summed E-state index contributed by atoms with van der Waals surface area (Å²) in [6, 6.07) is 7.95. The maximum absolute atomic E-state index is 13.6. The van der Waals surface area contributed by atoms with Gasteiger partial charge in [0.15, 0.2) is 0 Å². The van der Waals surface area contributed by atoms with Gasteiger partial charge in [0.05, 0.1) is 0 Å². The van der Waals surface area contributed by atoms with Crippen LogP contribution in [-0.4, -0.2) is 49.1 Å². The number of carbonyl (C=O) groups is 1. The number of hydrogen-bond acceptors (Lipinski definition) is 5. The molecule has 160 valence electrons. The van der Waals surface area contributed by atoms with E-state index in [1.807, 2.05) is 0 Å². The fourth-order valence-corrected chi connectivity index (χ4v) is 7.05. The number of halogens is 1. The minimum absolute atomic E-state index is 0.00110. The van der Waals surface area contributed by atoms with Crippen LogP contribution in [0, 0.1) is 17.7 Å². The van der Waals surface area contributed by atoms with Crippen LogP contribution in [0.5, 0.6) is 0 Å². The molecule has 9 heteroatoms. The second kappa shape index (κ2) is 8.56. The first-order chi connectivity index (χ1) is 14.3. The third-order valence-electron chi connectivity index (χ3n) is 5.90. The van der Waals surface area contributed by atoms with E-state index in [-0.39, 0.29) is 30.6 Å². The predicted octanol–water partition coefficient (Wildman–Crippen LogP) is 3.42. The summed E-state index contributed by atoms with van der Waals surface area (Å²) in [6.45, 7) is 1.12. The predicted molar refractivity (Wildman–Crippen MR) is 113 cm³/mol. The maximum atomic E-state index is 13.6. The normalized spacial score (nSPS) is 22.4. The van der Waals surface area contributed by atoms with Gasteiger partial charge >= 0.3 is 5.97 Å². The number of benzene rings is 1. The maximum Gasteiger partial charge on any atom is 0.303 e. The number of sulfonamides is 1. The molecule has 0 amide bonds. The number of thiophene rings is 1. The molecule has 3 heterocycles. The van der Waals surface area contributed by atoms with Crippen molar-refractivity contribution in [3.05, 3.63) is 52.7 Å². The van der Waals surface area contributed by atoms with Gasteiger partial charge in [-0.3, -0.25) is 9.79 Å². The molecule has 0 unspecified atom stereocenters. The molecule has 0 aliphatic carbocycles. The Labute approximate surface area is 179 Å². The van der Waals surface area contributed by atoms with Gasteiger partial charge < -0.3 is 5.11 Å². The van der Waals surface area contributed by atoms with Gasteiger partial charge in [-0.2, -0.15) is 4.31 Å². The van der Waals surface area contributed by atoms with Crippen molar-refractivity contribution in [2.75, 3.05) is 19.6 Å². The van der Waals surface area contributed by atoms with Gasteiger partial charge in [0.1, 0.15) is 10.0 Å². The largest absolute Gasteiger partial charge is 0.481 e. The minimum atomic E-state index is -3.60. The van der Waals surface area contributed by atoms with Crippen molar-refractivity contribution in [2.45, 2.75) is 29.9 Å². The summed E-state index contributed by atoms with van der Waals surface area (Å²) >= 11 is 1.18. The zero-order chi connectivity index (χ0) is 21.3. The molecule has 2 aromatic rings. The highest BCUT2D eigenvalue weighted by Gasteiger charge is 2.37. The molecular weight excluding hydrogens is 427 g/mol. The van der Waals surface area contributed by atoms with Crippen LogP contribution in [0.15, 0.2) is 44.9 Å². The van der Waals surface area contributed by atoms with Gasteiger partial charge in [-0.1, -0.05) is 6.07 Å². The molecule has 2 atom stereocenters. The summed E-state index contributed by atoms with van der Waals surface area (Å²) in [5, 5.41) is 11.1. The number of aliphatic imine (C=N–C) groups is 1. The second-order valence-electron chi connectivity index (χ2n) is 7.79. The zero-order valence-corrected chi connectivity index (χ0v) is 18.0. The van der Waals surface area contributed by atoms with E-state index in [1.54, 1.807) is 23.6 Å².